The molecule has 1 aromatic carbocycles. The normalized spacial score (nSPS) is 10.2. The van der Waals surface area contributed by atoms with Gasteiger partial charge in [-0.05, 0) is 36.8 Å². The minimum absolute atomic E-state index is 0.0249. The molecule has 112 valence electrons. The molecule has 1 aromatic heterocycles. The highest BCUT2D eigenvalue weighted by molar-refractivity contribution is 5.43. The number of anilines is 1. The Hall–Kier alpha value is -2.27. The van der Waals surface area contributed by atoms with Gasteiger partial charge in [0.2, 0.25) is 0 Å². The third-order valence-electron chi connectivity index (χ3n) is 2.95. The van der Waals surface area contributed by atoms with Crippen LogP contribution in [0.2, 0.25) is 0 Å². The van der Waals surface area contributed by atoms with E-state index < -0.39 is 0 Å². The summed E-state index contributed by atoms with van der Waals surface area (Å²) in [5.74, 6) is 2.07. The van der Waals surface area contributed by atoms with Crippen molar-refractivity contribution in [3.05, 3.63) is 47.7 Å². The minimum atomic E-state index is -0.0249. The smallest absolute Gasteiger partial charge is 0.161 e. The average Bonchev–Trinajstić information content (AvgIpc) is 2.53. The first-order chi connectivity index (χ1) is 10.3. The maximum absolute atomic E-state index is 9.12. The first-order valence-electron chi connectivity index (χ1n) is 6.87. The molecule has 21 heavy (non-hydrogen) atoms. The van der Waals surface area contributed by atoms with Crippen molar-refractivity contribution in [2.24, 2.45) is 0 Å². The molecule has 5 nitrogen and oxygen atoms in total. The zero-order valence-corrected chi connectivity index (χ0v) is 12.3. The lowest BCUT2D eigenvalue weighted by Crippen LogP contribution is -2.04. The highest BCUT2D eigenvalue weighted by atomic mass is 16.5. The average molecular weight is 288 g/mol. The number of nitrogens with zero attached hydrogens (tertiary/aromatic N) is 1. The van der Waals surface area contributed by atoms with E-state index in [1.807, 2.05) is 25.1 Å². The highest BCUT2D eigenvalue weighted by Gasteiger charge is 2.06. The molecule has 1 heterocycles. The first-order valence-corrected chi connectivity index (χ1v) is 6.87. The number of ether oxygens (including phenoxy) is 2. The van der Waals surface area contributed by atoms with Gasteiger partial charge in [-0.3, -0.25) is 0 Å². The van der Waals surface area contributed by atoms with Crippen molar-refractivity contribution in [3.8, 4) is 11.5 Å². The predicted octanol–water partition coefficient (Wildman–Crippen LogP) is 2.59. The van der Waals surface area contributed by atoms with E-state index >= 15 is 0 Å². The van der Waals surface area contributed by atoms with Crippen LogP contribution < -0.4 is 14.8 Å². The number of nitrogens with one attached hydrogen (secondary N) is 1. The van der Waals surface area contributed by atoms with E-state index in [0.29, 0.717) is 18.1 Å². The van der Waals surface area contributed by atoms with Crippen molar-refractivity contribution in [1.29, 1.82) is 0 Å². The Labute approximate surface area is 124 Å². The Kier molecular flexibility index (Phi) is 5.40. The topological polar surface area (TPSA) is 63.6 Å². The number of rotatable bonds is 7. The Morgan fingerprint density at radius 1 is 1.19 bits per heavy atom. The molecule has 0 atom stereocenters. The van der Waals surface area contributed by atoms with E-state index in [4.69, 9.17) is 14.6 Å². The van der Waals surface area contributed by atoms with Crippen molar-refractivity contribution in [2.45, 2.75) is 20.1 Å². The largest absolute Gasteiger partial charge is 0.493 e. The van der Waals surface area contributed by atoms with E-state index in [1.165, 1.54) is 0 Å². The lowest BCUT2D eigenvalue weighted by atomic mass is 10.2. The number of pyridine rings is 1. The standard InChI is InChI=1S/C16H20N2O3/c1-3-17-16-6-4-5-13(18-16)11-21-14-8-7-12(10-19)9-15(14)20-2/h4-9,19H,3,10-11H2,1-2H3,(H,17,18). The molecule has 0 saturated heterocycles. The molecule has 0 spiro atoms. The molecule has 0 bridgehead atoms. The SMILES string of the molecule is CCNc1cccc(COc2ccc(CO)cc2OC)n1. The van der Waals surface area contributed by atoms with Gasteiger partial charge in [0.05, 0.1) is 19.4 Å². The van der Waals surface area contributed by atoms with E-state index in [2.05, 4.69) is 10.3 Å². The lowest BCUT2D eigenvalue weighted by molar-refractivity contribution is 0.272. The zero-order valence-electron chi connectivity index (χ0n) is 12.3. The number of aliphatic hydroxyl groups is 1. The van der Waals surface area contributed by atoms with Gasteiger partial charge in [-0.1, -0.05) is 12.1 Å². The summed E-state index contributed by atoms with van der Waals surface area (Å²) in [6.45, 7) is 3.18. The Morgan fingerprint density at radius 3 is 2.76 bits per heavy atom. The highest BCUT2D eigenvalue weighted by Crippen LogP contribution is 2.28. The summed E-state index contributed by atoms with van der Waals surface area (Å²) >= 11 is 0. The predicted molar refractivity (Wildman–Crippen MR) is 81.6 cm³/mol. The minimum Gasteiger partial charge on any atom is -0.493 e. The van der Waals surface area contributed by atoms with E-state index in [9.17, 15) is 0 Å². The van der Waals surface area contributed by atoms with Crippen molar-refractivity contribution in [2.75, 3.05) is 19.0 Å². The number of aliphatic hydroxyl groups excluding tert-OH is 1. The summed E-state index contributed by atoms with van der Waals surface area (Å²) in [5, 5.41) is 12.3. The van der Waals surface area contributed by atoms with Crippen LogP contribution in [0, 0.1) is 0 Å². The quantitative estimate of drug-likeness (QED) is 0.820. The van der Waals surface area contributed by atoms with E-state index in [1.54, 1.807) is 25.3 Å². The van der Waals surface area contributed by atoms with Gasteiger partial charge in [0.25, 0.3) is 0 Å². The van der Waals surface area contributed by atoms with Crippen LogP contribution in [0.25, 0.3) is 0 Å². The van der Waals surface area contributed by atoms with Gasteiger partial charge >= 0.3 is 0 Å². The maximum Gasteiger partial charge on any atom is 0.161 e. The second kappa shape index (κ2) is 7.50. The number of aromatic nitrogens is 1. The third kappa shape index (κ3) is 4.10. The summed E-state index contributed by atoms with van der Waals surface area (Å²) in [5.41, 5.74) is 1.62. The summed E-state index contributed by atoms with van der Waals surface area (Å²) in [7, 11) is 1.58. The molecule has 2 N–H and O–H groups in total. The van der Waals surface area contributed by atoms with E-state index in [0.717, 1.165) is 23.6 Å². The zero-order chi connectivity index (χ0) is 15.1. The Balaban J connectivity index is 2.07. The second-order valence-corrected chi connectivity index (χ2v) is 4.48. The monoisotopic (exact) mass is 288 g/mol. The van der Waals surface area contributed by atoms with Gasteiger partial charge in [0.1, 0.15) is 12.4 Å². The van der Waals surface area contributed by atoms with Crippen LogP contribution in [-0.4, -0.2) is 23.7 Å². The van der Waals surface area contributed by atoms with Crippen LogP contribution in [0.5, 0.6) is 11.5 Å². The number of benzene rings is 1. The molecular formula is C16H20N2O3. The van der Waals surface area contributed by atoms with Gasteiger partial charge < -0.3 is 19.9 Å². The maximum atomic E-state index is 9.12. The van der Waals surface area contributed by atoms with Crippen molar-refractivity contribution < 1.29 is 14.6 Å². The fourth-order valence-electron chi connectivity index (χ4n) is 1.92. The Morgan fingerprint density at radius 2 is 2.05 bits per heavy atom. The molecule has 0 aliphatic rings. The van der Waals surface area contributed by atoms with Crippen LogP contribution in [0.15, 0.2) is 36.4 Å². The molecule has 2 aromatic rings. The Bertz CT molecular complexity index is 587. The van der Waals surface area contributed by atoms with Gasteiger partial charge in [-0.15, -0.1) is 0 Å². The van der Waals surface area contributed by atoms with Crippen LogP contribution in [-0.2, 0) is 13.2 Å². The molecule has 0 aliphatic carbocycles. The fraction of sp³-hybridized carbons (Fsp3) is 0.312. The molecule has 0 amide bonds. The van der Waals surface area contributed by atoms with Crippen molar-refractivity contribution >= 4 is 5.82 Å². The molecule has 5 heteroatoms. The van der Waals surface area contributed by atoms with Gasteiger partial charge in [0.15, 0.2) is 11.5 Å². The second-order valence-electron chi connectivity index (χ2n) is 4.48. The number of hydrogen-bond acceptors (Lipinski definition) is 5. The van der Waals surface area contributed by atoms with Crippen LogP contribution in [0.4, 0.5) is 5.82 Å². The van der Waals surface area contributed by atoms with E-state index in [-0.39, 0.29) is 6.61 Å². The van der Waals surface area contributed by atoms with Gasteiger partial charge in [-0.25, -0.2) is 4.98 Å². The molecule has 0 unspecified atom stereocenters. The molecule has 0 radical (unpaired) electrons. The third-order valence-corrected chi connectivity index (χ3v) is 2.95. The van der Waals surface area contributed by atoms with Crippen molar-refractivity contribution in [3.63, 3.8) is 0 Å². The van der Waals surface area contributed by atoms with Crippen LogP contribution >= 0.6 is 0 Å². The summed E-state index contributed by atoms with van der Waals surface area (Å²) < 4.78 is 11.0. The summed E-state index contributed by atoms with van der Waals surface area (Å²) in [4.78, 5) is 4.45. The summed E-state index contributed by atoms with van der Waals surface area (Å²) in [6.07, 6.45) is 0. The molecule has 0 saturated carbocycles. The molecule has 2 rings (SSSR count). The van der Waals surface area contributed by atoms with Gasteiger partial charge in [0, 0.05) is 6.54 Å². The van der Waals surface area contributed by atoms with Crippen LogP contribution in [0.3, 0.4) is 0 Å². The number of methoxy groups -OCH3 is 1. The van der Waals surface area contributed by atoms with Crippen LogP contribution in [0.1, 0.15) is 18.2 Å². The molecule has 0 aliphatic heterocycles. The van der Waals surface area contributed by atoms with Crippen molar-refractivity contribution in [1.82, 2.24) is 4.98 Å². The summed E-state index contributed by atoms with van der Waals surface area (Å²) in [6, 6.07) is 11.1. The first kappa shape index (κ1) is 15.1. The van der Waals surface area contributed by atoms with Gasteiger partial charge in [-0.2, -0.15) is 0 Å². The molecule has 0 fully saturated rings. The number of hydrogen-bond donors (Lipinski definition) is 2. The molecular weight excluding hydrogens is 268 g/mol. The lowest BCUT2D eigenvalue weighted by Gasteiger charge is -2.12. The fourth-order valence-corrected chi connectivity index (χ4v) is 1.92.